The summed E-state index contributed by atoms with van der Waals surface area (Å²) in [4.78, 5) is 12.3. The molecule has 0 aliphatic rings. The first kappa shape index (κ1) is 18.2. The van der Waals surface area contributed by atoms with Crippen molar-refractivity contribution < 1.29 is 14.3 Å². The summed E-state index contributed by atoms with van der Waals surface area (Å²) < 4.78 is 10.6. The fourth-order valence-corrected chi connectivity index (χ4v) is 2.14. The third-order valence-corrected chi connectivity index (χ3v) is 3.33. The van der Waals surface area contributed by atoms with E-state index in [1.807, 2.05) is 6.92 Å². The zero-order valence-corrected chi connectivity index (χ0v) is 13.4. The van der Waals surface area contributed by atoms with E-state index in [4.69, 9.17) is 9.47 Å². The lowest BCUT2D eigenvalue weighted by molar-refractivity contribution is -0.161. The van der Waals surface area contributed by atoms with Crippen molar-refractivity contribution in [1.82, 2.24) is 0 Å². The monoisotopic (exact) mass is 270 g/mol. The molecule has 0 aromatic rings. The first-order chi connectivity index (χ1) is 8.63. The Hall–Kier alpha value is -0.830. The average molecular weight is 270 g/mol. The molecule has 0 aliphatic carbocycles. The van der Waals surface area contributed by atoms with Crippen molar-refractivity contribution in [1.29, 1.82) is 0 Å². The molecule has 0 aromatic heterocycles. The number of carbonyl (C=O) groups is 1. The molecule has 0 N–H and O–H groups in total. The third-order valence-electron chi connectivity index (χ3n) is 3.33. The van der Waals surface area contributed by atoms with Crippen LogP contribution >= 0.6 is 0 Å². The lowest BCUT2D eigenvalue weighted by Crippen LogP contribution is -2.39. The molecule has 112 valence electrons. The third kappa shape index (κ3) is 6.76. The van der Waals surface area contributed by atoms with Gasteiger partial charge in [0.05, 0.1) is 18.6 Å². The quantitative estimate of drug-likeness (QED) is 0.382. The van der Waals surface area contributed by atoms with E-state index in [0.29, 0.717) is 19.8 Å². The molecule has 1 atom stereocenters. The van der Waals surface area contributed by atoms with Crippen LogP contribution in [0.2, 0.25) is 0 Å². The molecule has 0 spiro atoms. The van der Waals surface area contributed by atoms with Gasteiger partial charge in [0, 0.05) is 0 Å². The van der Waals surface area contributed by atoms with Gasteiger partial charge in [-0.2, -0.15) is 0 Å². The summed E-state index contributed by atoms with van der Waals surface area (Å²) in [6, 6.07) is 0. The summed E-state index contributed by atoms with van der Waals surface area (Å²) in [6.45, 7) is 17.4. The minimum Gasteiger partial charge on any atom is -0.463 e. The Bertz CT molecular complexity index is 289. The van der Waals surface area contributed by atoms with Crippen molar-refractivity contribution in [3.05, 3.63) is 12.7 Å². The van der Waals surface area contributed by atoms with Crippen LogP contribution in [0, 0.1) is 16.7 Å². The molecule has 0 aromatic carbocycles. The van der Waals surface area contributed by atoms with Crippen LogP contribution in [-0.2, 0) is 14.3 Å². The van der Waals surface area contributed by atoms with Crippen molar-refractivity contribution in [2.24, 2.45) is 16.7 Å². The Morgan fingerprint density at radius 2 is 1.79 bits per heavy atom. The normalized spacial score (nSPS) is 15.1. The summed E-state index contributed by atoms with van der Waals surface area (Å²) in [7, 11) is 0. The second-order valence-electron chi connectivity index (χ2n) is 6.81. The molecule has 1 unspecified atom stereocenters. The highest BCUT2D eigenvalue weighted by atomic mass is 16.6. The van der Waals surface area contributed by atoms with E-state index in [1.54, 1.807) is 6.08 Å². The lowest BCUT2D eigenvalue weighted by Gasteiger charge is -2.36. The summed E-state index contributed by atoms with van der Waals surface area (Å²) in [5, 5.41) is 0. The summed E-state index contributed by atoms with van der Waals surface area (Å²) in [5.74, 6) is 0.118. The molecule has 3 heteroatoms. The zero-order valence-electron chi connectivity index (χ0n) is 13.4. The fraction of sp³-hybridized carbons (Fsp3) is 0.812. The van der Waals surface area contributed by atoms with Crippen LogP contribution in [0.1, 0.15) is 48.0 Å². The highest BCUT2D eigenvalue weighted by molar-refractivity contribution is 5.76. The van der Waals surface area contributed by atoms with Gasteiger partial charge in [-0.3, -0.25) is 4.79 Å². The van der Waals surface area contributed by atoms with Gasteiger partial charge < -0.3 is 9.47 Å². The Morgan fingerprint density at radius 3 is 2.21 bits per heavy atom. The van der Waals surface area contributed by atoms with Crippen molar-refractivity contribution in [3.63, 3.8) is 0 Å². The first-order valence-corrected chi connectivity index (χ1v) is 6.99. The molecule has 0 saturated carbocycles. The number of hydrogen-bond acceptors (Lipinski definition) is 3. The molecule has 0 heterocycles. The molecule has 0 amide bonds. The largest absolute Gasteiger partial charge is 0.463 e. The van der Waals surface area contributed by atoms with Crippen LogP contribution in [0.15, 0.2) is 12.7 Å². The van der Waals surface area contributed by atoms with E-state index in [9.17, 15) is 4.79 Å². The summed E-state index contributed by atoms with van der Waals surface area (Å²) in [5.41, 5.74) is -0.353. The molecule has 0 saturated heterocycles. The van der Waals surface area contributed by atoms with E-state index < -0.39 is 5.41 Å². The summed E-state index contributed by atoms with van der Waals surface area (Å²) >= 11 is 0. The van der Waals surface area contributed by atoms with Crippen molar-refractivity contribution in [2.45, 2.75) is 48.0 Å². The molecule has 19 heavy (non-hydrogen) atoms. The van der Waals surface area contributed by atoms with Crippen molar-refractivity contribution in [3.8, 4) is 0 Å². The van der Waals surface area contributed by atoms with Gasteiger partial charge in [-0.1, -0.05) is 40.7 Å². The Morgan fingerprint density at radius 1 is 1.21 bits per heavy atom. The van der Waals surface area contributed by atoms with Crippen molar-refractivity contribution >= 4 is 5.97 Å². The first-order valence-electron chi connectivity index (χ1n) is 6.99. The maximum Gasteiger partial charge on any atom is 0.312 e. The Labute approximate surface area is 118 Å². The Kier molecular flexibility index (Phi) is 7.35. The predicted molar refractivity (Wildman–Crippen MR) is 79.0 cm³/mol. The minimum absolute atomic E-state index is 0.0946. The molecule has 0 rings (SSSR count). The predicted octanol–water partition coefficient (Wildman–Crippen LogP) is 3.83. The van der Waals surface area contributed by atoms with Gasteiger partial charge in [-0.05, 0) is 24.7 Å². The number of ether oxygens (including phenoxy) is 2. The van der Waals surface area contributed by atoms with Crippen LogP contribution in [0.3, 0.4) is 0 Å². The second kappa shape index (κ2) is 7.68. The smallest absolute Gasteiger partial charge is 0.312 e. The van der Waals surface area contributed by atoms with Crippen molar-refractivity contribution in [2.75, 3.05) is 19.8 Å². The van der Waals surface area contributed by atoms with Gasteiger partial charge in [0.25, 0.3) is 0 Å². The molecular formula is C16H30O3. The second-order valence-corrected chi connectivity index (χ2v) is 6.81. The van der Waals surface area contributed by atoms with E-state index >= 15 is 0 Å². The highest BCUT2D eigenvalue weighted by Crippen LogP contribution is 2.40. The van der Waals surface area contributed by atoms with Crippen LogP contribution in [0.25, 0.3) is 0 Å². The van der Waals surface area contributed by atoms with Crippen LogP contribution in [0.5, 0.6) is 0 Å². The van der Waals surface area contributed by atoms with Gasteiger partial charge in [0.2, 0.25) is 0 Å². The molecule has 0 radical (unpaired) electrons. The number of rotatable bonds is 8. The summed E-state index contributed by atoms with van der Waals surface area (Å²) in [6.07, 6.45) is 2.49. The molecule has 0 aliphatic heterocycles. The number of esters is 1. The maximum atomic E-state index is 12.3. The van der Waals surface area contributed by atoms with E-state index in [2.05, 4.69) is 41.2 Å². The molecule has 3 nitrogen and oxygen atoms in total. The zero-order chi connectivity index (χ0) is 15.1. The fourth-order valence-electron chi connectivity index (χ4n) is 2.14. The molecular weight excluding hydrogens is 240 g/mol. The Balaban J connectivity index is 4.45. The van der Waals surface area contributed by atoms with E-state index in [1.165, 1.54) is 0 Å². The van der Waals surface area contributed by atoms with Gasteiger partial charge in [-0.15, -0.1) is 6.58 Å². The maximum absolute atomic E-state index is 12.3. The highest BCUT2D eigenvalue weighted by Gasteiger charge is 2.41. The van der Waals surface area contributed by atoms with E-state index in [-0.39, 0.29) is 17.3 Å². The van der Waals surface area contributed by atoms with Gasteiger partial charge in [0.1, 0.15) is 6.61 Å². The molecule has 0 bridgehead atoms. The SMILES string of the molecule is C=CCOCCOC(=O)C(C)(CC(C)(C)C)C(C)C. The standard InChI is InChI=1S/C16H30O3/c1-8-9-18-10-11-19-14(17)16(7,13(2)3)12-15(4,5)6/h8,13H,1,9-12H2,2-7H3. The lowest BCUT2D eigenvalue weighted by atomic mass is 9.69. The van der Waals surface area contributed by atoms with Crippen LogP contribution in [-0.4, -0.2) is 25.8 Å². The minimum atomic E-state index is -0.448. The van der Waals surface area contributed by atoms with Gasteiger partial charge >= 0.3 is 5.97 Å². The van der Waals surface area contributed by atoms with Crippen LogP contribution < -0.4 is 0 Å². The van der Waals surface area contributed by atoms with Gasteiger partial charge in [-0.25, -0.2) is 0 Å². The van der Waals surface area contributed by atoms with Gasteiger partial charge in [0.15, 0.2) is 0 Å². The average Bonchev–Trinajstić information content (AvgIpc) is 2.25. The number of carbonyl (C=O) groups excluding carboxylic acids is 1. The van der Waals surface area contributed by atoms with Crippen LogP contribution in [0.4, 0.5) is 0 Å². The topological polar surface area (TPSA) is 35.5 Å². The molecule has 0 fully saturated rings. The van der Waals surface area contributed by atoms with E-state index in [0.717, 1.165) is 6.42 Å². The number of hydrogen-bond donors (Lipinski definition) is 0.